The van der Waals surface area contributed by atoms with Gasteiger partial charge < -0.3 is 14.6 Å². The van der Waals surface area contributed by atoms with Crippen molar-refractivity contribution in [2.24, 2.45) is 0 Å². The van der Waals surface area contributed by atoms with Gasteiger partial charge in [0.2, 0.25) is 0 Å². The zero-order valence-corrected chi connectivity index (χ0v) is 14.8. The first kappa shape index (κ1) is 16.2. The van der Waals surface area contributed by atoms with Crippen molar-refractivity contribution in [2.45, 2.75) is 31.9 Å². The van der Waals surface area contributed by atoms with E-state index >= 15 is 0 Å². The summed E-state index contributed by atoms with van der Waals surface area (Å²) in [6.45, 7) is 2.67. The molecule has 25 heavy (non-hydrogen) atoms. The van der Waals surface area contributed by atoms with Gasteiger partial charge in [0.05, 0.1) is 24.5 Å². The van der Waals surface area contributed by atoms with Gasteiger partial charge >= 0.3 is 0 Å². The average molecular weight is 355 g/mol. The molecule has 0 amide bonds. The number of anilines is 1. The summed E-state index contributed by atoms with van der Waals surface area (Å²) in [5.74, 6) is 1.50. The molecule has 4 heterocycles. The standard InChI is InChI=1S/C18H21N5OS/c24-12-16-13-25-18(21-16)23-8-3-4-14(10-23)17-20-7-9-22(17)11-15-5-1-2-6-19-15/h1-2,5-7,9,13-14,24H,3-4,8,10-12H2. The summed E-state index contributed by atoms with van der Waals surface area (Å²) >= 11 is 1.60. The topological polar surface area (TPSA) is 67.1 Å². The normalized spacial score (nSPS) is 17.8. The quantitative estimate of drug-likeness (QED) is 0.762. The lowest BCUT2D eigenvalue weighted by Gasteiger charge is -2.32. The second kappa shape index (κ2) is 7.33. The fourth-order valence-electron chi connectivity index (χ4n) is 3.36. The van der Waals surface area contributed by atoms with Gasteiger partial charge in [-0.1, -0.05) is 6.07 Å². The molecule has 1 unspecified atom stereocenters. The molecule has 0 radical (unpaired) electrons. The van der Waals surface area contributed by atoms with Crippen LogP contribution in [0.5, 0.6) is 0 Å². The Hall–Kier alpha value is -2.25. The third-order valence-corrected chi connectivity index (χ3v) is 5.52. The Kier molecular flexibility index (Phi) is 4.76. The minimum atomic E-state index is 0.00223. The van der Waals surface area contributed by atoms with Crippen molar-refractivity contribution in [3.63, 3.8) is 0 Å². The Balaban J connectivity index is 1.51. The number of thiazole rings is 1. The number of imidazole rings is 1. The number of rotatable bonds is 5. The highest BCUT2D eigenvalue weighted by molar-refractivity contribution is 7.13. The molecular weight excluding hydrogens is 334 g/mol. The molecule has 7 heteroatoms. The molecule has 1 aliphatic rings. The molecule has 3 aromatic heterocycles. The molecule has 1 N–H and O–H groups in total. The second-order valence-electron chi connectivity index (χ2n) is 6.30. The minimum absolute atomic E-state index is 0.00223. The molecule has 130 valence electrons. The summed E-state index contributed by atoms with van der Waals surface area (Å²) in [6, 6.07) is 6.00. The molecule has 1 aliphatic heterocycles. The van der Waals surface area contributed by atoms with E-state index in [2.05, 4.69) is 24.4 Å². The Morgan fingerprint density at radius 3 is 2.96 bits per heavy atom. The average Bonchev–Trinajstić information content (AvgIpc) is 3.32. The molecule has 0 bridgehead atoms. The number of aliphatic hydroxyl groups excluding tert-OH is 1. The Bertz CT molecular complexity index is 816. The summed E-state index contributed by atoms with van der Waals surface area (Å²) in [5, 5.41) is 12.2. The number of hydrogen-bond donors (Lipinski definition) is 1. The lowest BCUT2D eigenvalue weighted by Crippen LogP contribution is -2.35. The highest BCUT2D eigenvalue weighted by Crippen LogP contribution is 2.31. The summed E-state index contributed by atoms with van der Waals surface area (Å²) in [5.41, 5.74) is 1.79. The zero-order valence-electron chi connectivity index (χ0n) is 14.0. The molecule has 1 atom stereocenters. The van der Waals surface area contributed by atoms with Gasteiger partial charge in [0, 0.05) is 43.0 Å². The van der Waals surface area contributed by atoms with Crippen molar-refractivity contribution in [2.75, 3.05) is 18.0 Å². The van der Waals surface area contributed by atoms with Crippen molar-refractivity contribution in [1.82, 2.24) is 19.5 Å². The van der Waals surface area contributed by atoms with E-state index in [4.69, 9.17) is 0 Å². The Morgan fingerprint density at radius 2 is 2.16 bits per heavy atom. The van der Waals surface area contributed by atoms with Crippen molar-refractivity contribution in [1.29, 1.82) is 0 Å². The molecule has 3 aromatic rings. The van der Waals surface area contributed by atoms with E-state index in [1.165, 1.54) is 0 Å². The summed E-state index contributed by atoms with van der Waals surface area (Å²) in [4.78, 5) is 15.9. The Labute approximate surface area is 150 Å². The number of aliphatic hydroxyl groups is 1. The van der Waals surface area contributed by atoms with Gasteiger partial charge in [-0.2, -0.15) is 0 Å². The van der Waals surface area contributed by atoms with E-state index < -0.39 is 0 Å². The van der Waals surface area contributed by atoms with Crippen LogP contribution in [0.1, 0.15) is 36.0 Å². The van der Waals surface area contributed by atoms with Gasteiger partial charge in [0.25, 0.3) is 0 Å². The summed E-state index contributed by atoms with van der Waals surface area (Å²) in [6.07, 6.45) is 8.00. The van der Waals surface area contributed by atoms with E-state index in [1.807, 2.05) is 42.2 Å². The van der Waals surface area contributed by atoms with Crippen LogP contribution in [-0.4, -0.2) is 37.7 Å². The highest BCUT2D eigenvalue weighted by Gasteiger charge is 2.26. The first-order valence-electron chi connectivity index (χ1n) is 8.54. The maximum Gasteiger partial charge on any atom is 0.185 e. The lowest BCUT2D eigenvalue weighted by atomic mass is 9.97. The molecule has 0 spiro atoms. The van der Waals surface area contributed by atoms with Crippen LogP contribution in [0.4, 0.5) is 5.13 Å². The van der Waals surface area contributed by atoms with Crippen molar-refractivity contribution in [3.8, 4) is 0 Å². The molecular formula is C18H21N5OS. The van der Waals surface area contributed by atoms with Crippen molar-refractivity contribution in [3.05, 3.63) is 59.4 Å². The predicted octanol–water partition coefficient (Wildman–Crippen LogP) is 2.66. The van der Waals surface area contributed by atoms with Gasteiger partial charge in [0.15, 0.2) is 5.13 Å². The van der Waals surface area contributed by atoms with E-state index in [-0.39, 0.29) is 6.61 Å². The SMILES string of the molecule is OCc1csc(N2CCCC(c3nccn3Cc3ccccn3)C2)n1. The number of piperidine rings is 1. The van der Waals surface area contributed by atoms with Crippen LogP contribution in [0.15, 0.2) is 42.2 Å². The number of nitrogens with zero attached hydrogens (tertiary/aromatic N) is 5. The second-order valence-corrected chi connectivity index (χ2v) is 7.14. The molecule has 0 saturated carbocycles. The fraction of sp³-hybridized carbons (Fsp3) is 0.389. The minimum Gasteiger partial charge on any atom is -0.390 e. The third-order valence-electron chi connectivity index (χ3n) is 4.56. The van der Waals surface area contributed by atoms with Crippen molar-refractivity contribution >= 4 is 16.5 Å². The van der Waals surface area contributed by atoms with Crippen molar-refractivity contribution < 1.29 is 5.11 Å². The highest BCUT2D eigenvalue weighted by atomic mass is 32.1. The smallest absolute Gasteiger partial charge is 0.185 e. The van der Waals surface area contributed by atoms with Gasteiger partial charge in [-0.15, -0.1) is 11.3 Å². The Morgan fingerprint density at radius 1 is 1.20 bits per heavy atom. The number of hydrogen-bond acceptors (Lipinski definition) is 6. The van der Waals surface area contributed by atoms with Crippen LogP contribution in [0.25, 0.3) is 0 Å². The maximum absolute atomic E-state index is 9.23. The lowest BCUT2D eigenvalue weighted by molar-refractivity contribution is 0.277. The fourth-order valence-corrected chi connectivity index (χ4v) is 4.21. The monoisotopic (exact) mass is 355 g/mol. The van der Waals surface area contributed by atoms with Crippen LogP contribution in [0.2, 0.25) is 0 Å². The van der Waals surface area contributed by atoms with Crippen LogP contribution < -0.4 is 4.90 Å². The molecule has 1 fully saturated rings. The van der Waals surface area contributed by atoms with Crippen LogP contribution >= 0.6 is 11.3 Å². The largest absolute Gasteiger partial charge is 0.390 e. The molecule has 6 nitrogen and oxygen atoms in total. The summed E-state index contributed by atoms with van der Waals surface area (Å²) in [7, 11) is 0. The maximum atomic E-state index is 9.23. The van der Waals surface area contributed by atoms with Crippen LogP contribution in [0, 0.1) is 0 Å². The first-order valence-corrected chi connectivity index (χ1v) is 9.42. The predicted molar refractivity (Wildman–Crippen MR) is 97.8 cm³/mol. The van der Waals surface area contributed by atoms with E-state index in [0.29, 0.717) is 5.92 Å². The molecule has 0 aromatic carbocycles. The van der Waals surface area contributed by atoms with E-state index in [1.54, 1.807) is 11.3 Å². The van der Waals surface area contributed by atoms with Gasteiger partial charge in [-0.25, -0.2) is 9.97 Å². The molecule has 4 rings (SSSR count). The molecule has 0 aliphatic carbocycles. The van der Waals surface area contributed by atoms with Crippen LogP contribution in [-0.2, 0) is 13.2 Å². The van der Waals surface area contributed by atoms with Gasteiger partial charge in [0.1, 0.15) is 5.82 Å². The first-order chi connectivity index (χ1) is 12.3. The van der Waals surface area contributed by atoms with Gasteiger partial charge in [-0.3, -0.25) is 4.98 Å². The van der Waals surface area contributed by atoms with Crippen LogP contribution in [0.3, 0.4) is 0 Å². The third kappa shape index (κ3) is 3.57. The van der Waals surface area contributed by atoms with Gasteiger partial charge in [-0.05, 0) is 25.0 Å². The van der Waals surface area contributed by atoms with E-state index in [0.717, 1.165) is 54.8 Å². The zero-order chi connectivity index (χ0) is 17.1. The number of aromatic nitrogens is 4. The van der Waals surface area contributed by atoms with E-state index in [9.17, 15) is 5.11 Å². The molecule has 1 saturated heterocycles. The number of pyridine rings is 1. The summed E-state index contributed by atoms with van der Waals surface area (Å²) < 4.78 is 2.21.